The number of nitrogens with one attached hydrogen (secondary N) is 2. The van der Waals surface area contributed by atoms with E-state index in [2.05, 4.69) is 10.3 Å². The lowest BCUT2D eigenvalue weighted by Crippen LogP contribution is -2.22. The topological polar surface area (TPSA) is 82.3 Å². The maximum Gasteiger partial charge on any atom is 0.256 e. The molecule has 26 heavy (non-hydrogen) atoms. The van der Waals surface area contributed by atoms with Crippen molar-refractivity contribution in [2.45, 2.75) is 4.90 Å². The molecular weight excluding hydrogens is 350 g/mol. The highest BCUT2D eigenvalue weighted by Crippen LogP contribution is 2.36. The summed E-state index contributed by atoms with van der Waals surface area (Å²) in [6.07, 6.45) is 3.62. The highest BCUT2D eigenvalue weighted by Gasteiger charge is 2.27. The number of hydrogen-bond donors (Lipinski definition) is 2. The van der Waals surface area contributed by atoms with Gasteiger partial charge in [0.05, 0.1) is 4.90 Å². The average Bonchev–Trinajstić information content (AvgIpc) is 3.16. The molecule has 2 aromatic carbocycles. The molecule has 6 nitrogen and oxygen atoms in total. The minimum absolute atomic E-state index is 0.155. The van der Waals surface area contributed by atoms with E-state index in [1.54, 1.807) is 18.2 Å². The zero-order valence-corrected chi connectivity index (χ0v) is 15.1. The van der Waals surface area contributed by atoms with Gasteiger partial charge in [-0.1, -0.05) is 18.2 Å². The summed E-state index contributed by atoms with van der Waals surface area (Å²) < 4.78 is 26.0. The fourth-order valence-electron chi connectivity index (χ4n) is 3.05. The highest BCUT2D eigenvalue weighted by molar-refractivity contribution is 7.89. The Morgan fingerprint density at radius 3 is 2.62 bits per heavy atom. The Balaban J connectivity index is 1.87. The lowest BCUT2D eigenvalue weighted by atomic mass is 10.0. The number of para-hydroxylation sites is 1. The Kier molecular flexibility index (Phi) is 3.71. The van der Waals surface area contributed by atoms with Crippen LogP contribution >= 0.6 is 0 Å². The summed E-state index contributed by atoms with van der Waals surface area (Å²) in [5.41, 5.74) is 3.49. The number of hydrogen-bond acceptors (Lipinski definition) is 3. The van der Waals surface area contributed by atoms with Crippen molar-refractivity contribution >= 4 is 44.2 Å². The van der Waals surface area contributed by atoms with E-state index < -0.39 is 10.0 Å². The quantitative estimate of drug-likeness (QED) is 0.698. The number of benzene rings is 2. The van der Waals surface area contributed by atoms with Gasteiger partial charge in [0.15, 0.2) is 0 Å². The van der Waals surface area contributed by atoms with Crippen molar-refractivity contribution in [3.63, 3.8) is 0 Å². The minimum Gasteiger partial charge on any atom is -0.361 e. The number of amides is 1. The fraction of sp³-hybridized carbons (Fsp3) is 0.105. The summed E-state index contributed by atoms with van der Waals surface area (Å²) in [4.78, 5) is 15.8. The number of anilines is 1. The Morgan fingerprint density at radius 1 is 1.08 bits per heavy atom. The van der Waals surface area contributed by atoms with Crippen molar-refractivity contribution in [1.29, 1.82) is 0 Å². The number of fused-ring (bicyclic) bond motifs is 2. The van der Waals surface area contributed by atoms with Crippen LogP contribution in [-0.4, -0.2) is 37.7 Å². The van der Waals surface area contributed by atoms with Crippen LogP contribution in [0.15, 0.2) is 53.6 Å². The van der Waals surface area contributed by atoms with Crippen LogP contribution in [0.3, 0.4) is 0 Å². The Morgan fingerprint density at radius 2 is 1.85 bits per heavy atom. The van der Waals surface area contributed by atoms with Crippen molar-refractivity contribution in [3.8, 4) is 0 Å². The number of carbonyl (C=O) groups excluding carboxylic acids is 1. The first-order valence-electron chi connectivity index (χ1n) is 8.04. The SMILES string of the molecule is CN(C)S(=O)(=O)c1ccc2c(c1)/C(=C/c1c[nH]c3ccccc13)C(=O)N2. The second-order valence-electron chi connectivity index (χ2n) is 6.30. The molecule has 132 valence electrons. The summed E-state index contributed by atoms with van der Waals surface area (Å²) in [7, 11) is -0.614. The van der Waals surface area contributed by atoms with E-state index in [0.29, 0.717) is 16.8 Å². The van der Waals surface area contributed by atoms with Gasteiger partial charge >= 0.3 is 0 Å². The number of aromatic amines is 1. The molecule has 0 fully saturated rings. The van der Waals surface area contributed by atoms with Crippen molar-refractivity contribution in [2.75, 3.05) is 19.4 Å². The van der Waals surface area contributed by atoms with Gasteiger partial charge in [-0.3, -0.25) is 4.79 Å². The molecule has 0 aliphatic carbocycles. The molecule has 1 amide bonds. The van der Waals surface area contributed by atoms with Gasteiger partial charge in [0.2, 0.25) is 10.0 Å². The van der Waals surface area contributed by atoms with Gasteiger partial charge in [-0.2, -0.15) is 0 Å². The second-order valence-corrected chi connectivity index (χ2v) is 8.45. The molecule has 1 aromatic heterocycles. The third kappa shape index (κ3) is 2.53. The monoisotopic (exact) mass is 367 g/mol. The molecule has 4 rings (SSSR count). The van der Waals surface area contributed by atoms with E-state index in [1.807, 2.05) is 30.5 Å². The molecule has 3 aromatic rings. The van der Waals surface area contributed by atoms with Crippen LogP contribution in [0.4, 0.5) is 5.69 Å². The lowest BCUT2D eigenvalue weighted by Gasteiger charge is -2.12. The van der Waals surface area contributed by atoms with Crippen molar-refractivity contribution < 1.29 is 13.2 Å². The summed E-state index contributed by atoms with van der Waals surface area (Å²) in [5.74, 6) is -0.246. The molecule has 7 heteroatoms. The third-order valence-corrected chi connectivity index (χ3v) is 6.28. The molecule has 0 saturated carbocycles. The Bertz CT molecular complexity index is 1170. The van der Waals surface area contributed by atoms with Crippen LogP contribution in [0.1, 0.15) is 11.1 Å². The largest absolute Gasteiger partial charge is 0.361 e. The first kappa shape index (κ1) is 16.6. The van der Waals surface area contributed by atoms with Crippen molar-refractivity contribution in [3.05, 3.63) is 59.8 Å². The van der Waals surface area contributed by atoms with Gasteiger partial charge in [-0.15, -0.1) is 0 Å². The third-order valence-electron chi connectivity index (χ3n) is 4.47. The molecule has 0 bridgehead atoms. The van der Waals surface area contributed by atoms with Crippen LogP contribution in [0.5, 0.6) is 0 Å². The van der Waals surface area contributed by atoms with Gasteiger partial charge in [-0.05, 0) is 30.3 Å². The first-order valence-corrected chi connectivity index (χ1v) is 9.48. The fourth-order valence-corrected chi connectivity index (χ4v) is 3.98. The van der Waals surface area contributed by atoms with Crippen molar-refractivity contribution in [2.24, 2.45) is 0 Å². The van der Waals surface area contributed by atoms with E-state index in [4.69, 9.17) is 0 Å². The number of rotatable bonds is 3. The summed E-state index contributed by atoms with van der Waals surface area (Å²) in [5, 5.41) is 3.79. The zero-order chi connectivity index (χ0) is 18.5. The van der Waals surface area contributed by atoms with Crippen LogP contribution in [0.2, 0.25) is 0 Å². The van der Waals surface area contributed by atoms with Crippen LogP contribution in [0.25, 0.3) is 22.6 Å². The number of carbonyl (C=O) groups is 1. The number of sulfonamides is 1. The predicted octanol–water partition coefficient (Wildman–Crippen LogP) is 2.91. The summed E-state index contributed by atoms with van der Waals surface area (Å²) >= 11 is 0. The van der Waals surface area contributed by atoms with Crippen LogP contribution in [-0.2, 0) is 14.8 Å². The molecular formula is C19H17N3O3S. The second kappa shape index (κ2) is 5.82. The van der Waals surface area contributed by atoms with E-state index in [-0.39, 0.29) is 10.8 Å². The van der Waals surface area contributed by atoms with Crippen LogP contribution in [0, 0.1) is 0 Å². The molecule has 0 saturated heterocycles. The number of aromatic nitrogens is 1. The molecule has 0 spiro atoms. The Labute approximate surface area is 151 Å². The molecule has 0 atom stereocenters. The number of H-pyrrole nitrogens is 1. The zero-order valence-electron chi connectivity index (χ0n) is 14.3. The summed E-state index contributed by atoms with van der Waals surface area (Å²) in [6, 6.07) is 12.5. The molecule has 0 radical (unpaired) electrons. The smallest absolute Gasteiger partial charge is 0.256 e. The predicted molar refractivity (Wildman–Crippen MR) is 102 cm³/mol. The van der Waals surface area contributed by atoms with Gasteiger partial charge in [0, 0.05) is 53.6 Å². The lowest BCUT2D eigenvalue weighted by molar-refractivity contribution is -0.110. The normalized spacial score (nSPS) is 15.7. The van der Waals surface area contributed by atoms with Gasteiger partial charge in [0.25, 0.3) is 5.91 Å². The van der Waals surface area contributed by atoms with Gasteiger partial charge in [0.1, 0.15) is 0 Å². The molecule has 2 N–H and O–H groups in total. The van der Waals surface area contributed by atoms with Gasteiger partial charge < -0.3 is 10.3 Å². The number of nitrogens with zero attached hydrogens (tertiary/aromatic N) is 1. The standard InChI is InChI=1S/C19H17N3O3S/c1-22(2)26(24,25)13-7-8-18-15(10-13)16(19(23)21-18)9-12-11-20-17-6-4-3-5-14(12)17/h3-11,20H,1-2H3,(H,21,23)/b16-9-. The first-order chi connectivity index (χ1) is 12.4. The van der Waals surface area contributed by atoms with E-state index >= 15 is 0 Å². The minimum atomic E-state index is -3.58. The van der Waals surface area contributed by atoms with E-state index in [0.717, 1.165) is 20.8 Å². The Hall–Kier alpha value is -2.90. The summed E-state index contributed by atoms with van der Waals surface area (Å²) in [6.45, 7) is 0. The van der Waals surface area contributed by atoms with E-state index in [1.165, 1.54) is 20.2 Å². The highest BCUT2D eigenvalue weighted by atomic mass is 32.2. The van der Waals surface area contributed by atoms with Gasteiger partial charge in [-0.25, -0.2) is 12.7 Å². The van der Waals surface area contributed by atoms with Crippen LogP contribution < -0.4 is 5.32 Å². The van der Waals surface area contributed by atoms with Crippen molar-refractivity contribution in [1.82, 2.24) is 9.29 Å². The molecule has 0 unspecified atom stereocenters. The maximum absolute atomic E-state index is 12.4. The average molecular weight is 367 g/mol. The molecule has 2 heterocycles. The molecule has 1 aliphatic heterocycles. The van der Waals surface area contributed by atoms with E-state index in [9.17, 15) is 13.2 Å². The molecule has 1 aliphatic rings. The maximum atomic E-state index is 12.4.